The van der Waals surface area contributed by atoms with E-state index in [1.165, 1.54) is 0 Å². The van der Waals surface area contributed by atoms with Crippen LogP contribution in [0.15, 0.2) is 48.9 Å². The average Bonchev–Trinajstić information content (AvgIpc) is 3.24. The van der Waals surface area contributed by atoms with E-state index in [1.54, 1.807) is 10.9 Å². The molecule has 0 radical (unpaired) electrons. The second-order valence-corrected chi connectivity index (χ2v) is 6.36. The molecule has 5 nitrogen and oxygen atoms in total. The lowest BCUT2D eigenvalue weighted by Gasteiger charge is -2.24. The molecule has 5 heteroatoms. The van der Waals surface area contributed by atoms with Crippen molar-refractivity contribution < 1.29 is 4.79 Å². The number of carbonyl (C=O) groups is 1. The van der Waals surface area contributed by atoms with Crippen LogP contribution in [-0.4, -0.2) is 32.1 Å². The maximum absolute atomic E-state index is 12.9. The monoisotopic (exact) mass is 320 g/mol. The molecule has 0 aliphatic carbocycles. The van der Waals surface area contributed by atoms with Crippen molar-refractivity contribution >= 4 is 16.8 Å². The third kappa shape index (κ3) is 2.66. The van der Waals surface area contributed by atoms with Crippen molar-refractivity contribution in [3.05, 3.63) is 60.0 Å². The first kappa shape index (κ1) is 14.9. The number of hydrogen-bond donors (Lipinski definition) is 0. The summed E-state index contributed by atoms with van der Waals surface area (Å²) in [4.78, 5) is 19.4. The molecule has 1 fully saturated rings. The van der Waals surface area contributed by atoms with Gasteiger partial charge in [0.2, 0.25) is 5.91 Å². The van der Waals surface area contributed by atoms with E-state index in [0.717, 1.165) is 41.4 Å². The van der Waals surface area contributed by atoms with Crippen LogP contribution in [0.3, 0.4) is 0 Å². The van der Waals surface area contributed by atoms with Crippen molar-refractivity contribution in [1.82, 2.24) is 19.7 Å². The number of fused-ring (bicyclic) bond motifs is 1. The predicted molar refractivity (Wildman–Crippen MR) is 92.3 cm³/mol. The molecule has 0 unspecified atom stereocenters. The maximum Gasteiger partial charge on any atom is 0.227 e. The van der Waals surface area contributed by atoms with Gasteiger partial charge in [0, 0.05) is 36.9 Å². The van der Waals surface area contributed by atoms with E-state index in [-0.39, 0.29) is 11.9 Å². The quantitative estimate of drug-likeness (QED) is 0.745. The standard InChI is InChI=1S/C19H20N4O/c1-22-13-16(12-21-22)17-8-4-10-23(17)18(24)11-15-6-2-5-14-7-3-9-20-19(14)15/h2-3,5-7,9,12-13,17H,4,8,10-11H2,1H3/t17-/m1/s1. The summed E-state index contributed by atoms with van der Waals surface area (Å²) in [6.07, 6.45) is 8.10. The van der Waals surface area contributed by atoms with Crippen LogP contribution in [-0.2, 0) is 18.3 Å². The fourth-order valence-corrected chi connectivity index (χ4v) is 3.60. The zero-order valence-corrected chi connectivity index (χ0v) is 13.7. The number of amides is 1. The molecule has 0 saturated carbocycles. The highest BCUT2D eigenvalue weighted by Crippen LogP contribution is 2.32. The molecule has 122 valence electrons. The van der Waals surface area contributed by atoms with E-state index in [0.29, 0.717) is 6.42 Å². The van der Waals surface area contributed by atoms with E-state index in [2.05, 4.69) is 10.1 Å². The average molecular weight is 320 g/mol. The molecule has 1 aliphatic rings. The molecule has 24 heavy (non-hydrogen) atoms. The molecule has 4 rings (SSSR count). The lowest BCUT2D eigenvalue weighted by Crippen LogP contribution is -2.31. The van der Waals surface area contributed by atoms with Crippen LogP contribution in [0.25, 0.3) is 10.9 Å². The molecular weight excluding hydrogens is 300 g/mol. The SMILES string of the molecule is Cn1cc([C@H]2CCCN2C(=O)Cc2cccc3cccnc23)cn1. The smallest absolute Gasteiger partial charge is 0.227 e. The van der Waals surface area contributed by atoms with Crippen molar-refractivity contribution in [2.24, 2.45) is 7.05 Å². The van der Waals surface area contributed by atoms with E-state index in [4.69, 9.17) is 0 Å². The molecule has 0 spiro atoms. The van der Waals surface area contributed by atoms with Gasteiger partial charge in [0.15, 0.2) is 0 Å². The van der Waals surface area contributed by atoms with Crippen LogP contribution in [0.4, 0.5) is 0 Å². The van der Waals surface area contributed by atoms with Gasteiger partial charge in [-0.3, -0.25) is 14.5 Å². The van der Waals surface area contributed by atoms with Crippen molar-refractivity contribution in [1.29, 1.82) is 0 Å². The Kier molecular flexibility index (Phi) is 3.76. The molecule has 1 atom stereocenters. The second kappa shape index (κ2) is 6.07. The van der Waals surface area contributed by atoms with Gasteiger partial charge in [0.25, 0.3) is 0 Å². The Labute approximate surface area is 140 Å². The van der Waals surface area contributed by atoms with Crippen molar-refractivity contribution in [2.75, 3.05) is 6.54 Å². The zero-order chi connectivity index (χ0) is 16.5. The Bertz CT molecular complexity index is 880. The van der Waals surface area contributed by atoms with Gasteiger partial charge in [0.1, 0.15) is 0 Å². The van der Waals surface area contributed by atoms with Gasteiger partial charge < -0.3 is 4.90 Å². The molecular formula is C19H20N4O. The fourth-order valence-electron chi connectivity index (χ4n) is 3.60. The maximum atomic E-state index is 12.9. The van der Waals surface area contributed by atoms with Gasteiger partial charge in [-0.25, -0.2) is 0 Å². The first-order valence-corrected chi connectivity index (χ1v) is 8.33. The molecule has 3 aromatic rings. The summed E-state index contributed by atoms with van der Waals surface area (Å²) in [5, 5.41) is 5.33. The van der Waals surface area contributed by atoms with Crippen molar-refractivity contribution in [2.45, 2.75) is 25.3 Å². The molecule has 3 heterocycles. The fraction of sp³-hybridized carbons (Fsp3) is 0.316. The Balaban J connectivity index is 1.59. The van der Waals surface area contributed by atoms with Gasteiger partial charge in [-0.2, -0.15) is 5.10 Å². The summed E-state index contributed by atoms with van der Waals surface area (Å²) in [6, 6.07) is 10.1. The van der Waals surface area contributed by atoms with Crippen LogP contribution in [0, 0.1) is 0 Å². The number of rotatable bonds is 3. The highest BCUT2D eigenvalue weighted by molar-refractivity contribution is 5.87. The summed E-state index contributed by atoms with van der Waals surface area (Å²) in [7, 11) is 1.91. The van der Waals surface area contributed by atoms with Gasteiger partial charge in [0.05, 0.1) is 24.2 Å². The molecule has 0 N–H and O–H groups in total. The van der Waals surface area contributed by atoms with Crippen LogP contribution in [0.2, 0.25) is 0 Å². The first-order chi connectivity index (χ1) is 11.7. The summed E-state index contributed by atoms with van der Waals surface area (Å²) in [5.74, 6) is 0.166. The molecule has 1 aliphatic heterocycles. The third-order valence-corrected chi connectivity index (χ3v) is 4.74. The topological polar surface area (TPSA) is 51.0 Å². The first-order valence-electron chi connectivity index (χ1n) is 8.33. The summed E-state index contributed by atoms with van der Waals surface area (Å²) >= 11 is 0. The van der Waals surface area contributed by atoms with Crippen molar-refractivity contribution in [3.8, 4) is 0 Å². The van der Waals surface area contributed by atoms with Crippen LogP contribution in [0.5, 0.6) is 0 Å². The van der Waals surface area contributed by atoms with Crippen LogP contribution >= 0.6 is 0 Å². The number of carbonyl (C=O) groups excluding carboxylic acids is 1. The molecule has 1 amide bonds. The highest BCUT2D eigenvalue weighted by atomic mass is 16.2. The van der Waals surface area contributed by atoms with Gasteiger partial charge in [-0.05, 0) is 24.5 Å². The lowest BCUT2D eigenvalue weighted by atomic mass is 10.0. The normalized spacial score (nSPS) is 17.5. The summed E-state index contributed by atoms with van der Waals surface area (Å²) in [6.45, 7) is 0.816. The number of nitrogens with zero attached hydrogens (tertiary/aromatic N) is 4. The minimum atomic E-state index is 0.147. The van der Waals surface area contributed by atoms with E-state index >= 15 is 0 Å². The Hall–Kier alpha value is -2.69. The number of aromatic nitrogens is 3. The van der Waals surface area contributed by atoms with Crippen LogP contribution < -0.4 is 0 Å². The highest BCUT2D eigenvalue weighted by Gasteiger charge is 2.30. The number of hydrogen-bond acceptors (Lipinski definition) is 3. The number of likely N-dealkylation sites (tertiary alicyclic amines) is 1. The van der Waals surface area contributed by atoms with Gasteiger partial charge >= 0.3 is 0 Å². The minimum Gasteiger partial charge on any atom is -0.335 e. The van der Waals surface area contributed by atoms with Crippen LogP contribution in [0.1, 0.15) is 30.0 Å². The summed E-state index contributed by atoms with van der Waals surface area (Å²) < 4.78 is 1.80. The van der Waals surface area contributed by atoms with Gasteiger partial charge in [-0.15, -0.1) is 0 Å². The van der Waals surface area contributed by atoms with E-state index in [9.17, 15) is 4.79 Å². The molecule has 2 aromatic heterocycles. The molecule has 0 bridgehead atoms. The zero-order valence-electron chi connectivity index (χ0n) is 13.7. The lowest BCUT2D eigenvalue weighted by molar-refractivity contribution is -0.131. The largest absolute Gasteiger partial charge is 0.335 e. The third-order valence-electron chi connectivity index (χ3n) is 4.74. The minimum absolute atomic E-state index is 0.147. The van der Waals surface area contributed by atoms with Gasteiger partial charge in [-0.1, -0.05) is 24.3 Å². The Morgan fingerprint density at radius 2 is 2.17 bits per heavy atom. The van der Waals surface area contributed by atoms with E-state index in [1.807, 2.05) is 54.7 Å². The van der Waals surface area contributed by atoms with E-state index < -0.39 is 0 Å². The predicted octanol–water partition coefficient (Wildman–Crippen LogP) is 2.87. The second-order valence-electron chi connectivity index (χ2n) is 6.36. The number of pyridine rings is 1. The molecule has 1 saturated heterocycles. The molecule has 1 aromatic carbocycles. The Morgan fingerprint density at radius 1 is 1.29 bits per heavy atom. The number of benzene rings is 1. The number of aryl methyl sites for hydroxylation is 1. The summed E-state index contributed by atoms with van der Waals surface area (Å²) in [5.41, 5.74) is 3.04. The Morgan fingerprint density at radius 3 is 3.00 bits per heavy atom. The van der Waals surface area contributed by atoms with Crippen molar-refractivity contribution in [3.63, 3.8) is 0 Å². The number of para-hydroxylation sites is 1.